The topological polar surface area (TPSA) is 38.1 Å². The van der Waals surface area contributed by atoms with Gasteiger partial charge in [-0.05, 0) is 34.7 Å². The minimum atomic E-state index is -0.706. The van der Waals surface area contributed by atoms with Gasteiger partial charge in [0.25, 0.3) is 0 Å². The molecule has 1 N–H and O–H groups in total. The van der Waals surface area contributed by atoms with E-state index in [1.165, 1.54) is 6.42 Å². The smallest absolute Gasteiger partial charge is 0.110 e. The van der Waals surface area contributed by atoms with Crippen molar-refractivity contribution in [3.8, 4) is 0 Å². The molecule has 0 saturated heterocycles. The zero-order chi connectivity index (χ0) is 11.1. The summed E-state index contributed by atoms with van der Waals surface area (Å²) in [6, 6.07) is 0. The van der Waals surface area contributed by atoms with Crippen molar-refractivity contribution in [1.82, 2.24) is 9.78 Å². The first-order chi connectivity index (χ1) is 7.05. The van der Waals surface area contributed by atoms with Gasteiger partial charge in [0.2, 0.25) is 0 Å². The Hall–Kier alpha value is -0.350. The maximum atomic E-state index is 10.8. The molecule has 1 saturated carbocycles. The molecule has 3 nitrogen and oxygen atoms in total. The Morgan fingerprint density at radius 1 is 1.60 bits per heavy atom. The molecule has 0 spiro atoms. The zero-order valence-corrected chi connectivity index (χ0v) is 10.8. The van der Waals surface area contributed by atoms with Gasteiger partial charge in [0, 0.05) is 7.05 Å². The first-order valence-electron chi connectivity index (χ1n) is 5.46. The van der Waals surface area contributed by atoms with Gasteiger partial charge < -0.3 is 5.11 Å². The van der Waals surface area contributed by atoms with Crippen LogP contribution in [0.25, 0.3) is 0 Å². The Balaban J connectivity index is 2.43. The fraction of sp³-hybridized carbons (Fsp3) is 0.727. The molecule has 2 unspecified atom stereocenters. The molecule has 1 heterocycles. The van der Waals surface area contributed by atoms with E-state index in [1.54, 1.807) is 10.9 Å². The normalized spacial score (nSPS) is 31.9. The van der Waals surface area contributed by atoms with Crippen molar-refractivity contribution < 1.29 is 5.11 Å². The van der Waals surface area contributed by atoms with Crippen LogP contribution in [-0.2, 0) is 12.6 Å². The second-order valence-electron chi connectivity index (χ2n) is 4.54. The summed E-state index contributed by atoms with van der Waals surface area (Å²) in [6.07, 6.45) is 6.01. The van der Waals surface area contributed by atoms with Gasteiger partial charge in [-0.1, -0.05) is 19.8 Å². The van der Waals surface area contributed by atoms with Crippen LogP contribution in [0.5, 0.6) is 0 Å². The molecule has 2 atom stereocenters. The second-order valence-corrected chi connectivity index (χ2v) is 5.39. The highest BCUT2D eigenvalue weighted by Crippen LogP contribution is 2.43. The summed E-state index contributed by atoms with van der Waals surface area (Å²) in [5, 5.41) is 15.0. The van der Waals surface area contributed by atoms with Gasteiger partial charge in [-0.25, -0.2) is 0 Å². The maximum Gasteiger partial charge on any atom is 0.110 e. The largest absolute Gasteiger partial charge is 0.383 e. The Morgan fingerprint density at radius 3 is 2.87 bits per heavy atom. The quantitative estimate of drug-likeness (QED) is 0.854. The van der Waals surface area contributed by atoms with Crippen molar-refractivity contribution in [2.24, 2.45) is 13.0 Å². The molecule has 1 fully saturated rings. The van der Waals surface area contributed by atoms with E-state index in [9.17, 15) is 5.11 Å². The molecule has 84 valence electrons. The first kappa shape index (κ1) is 11.1. The molecule has 0 bridgehead atoms. The summed E-state index contributed by atoms with van der Waals surface area (Å²) in [6.45, 7) is 2.12. The minimum absolute atomic E-state index is 0.304. The van der Waals surface area contributed by atoms with Gasteiger partial charge in [0.15, 0.2) is 0 Å². The van der Waals surface area contributed by atoms with E-state index >= 15 is 0 Å². The van der Waals surface area contributed by atoms with Crippen molar-refractivity contribution in [3.05, 3.63) is 16.4 Å². The summed E-state index contributed by atoms with van der Waals surface area (Å²) in [4.78, 5) is 0. The molecular formula is C11H17BrN2O. The van der Waals surface area contributed by atoms with E-state index in [0.717, 1.165) is 29.4 Å². The predicted molar refractivity (Wildman–Crippen MR) is 62.4 cm³/mol. The fourth-order valence-corrected chi connectivity index (χ4v) is 3.27. The Labute approximate surface area is 98.6 Å². The molecule has 1 aliphatic carbocycles. The van der Waals surface area contributed by atoms with Crippen molar-refractivity contribution in [3.63, 3.8) is 0 Å². The van der Waals surface area contributed by atoms with E-state index in [1.807, 2.05) is 7.05 Å². The van der Waals surface area contributed by atoms with Crippen LogP contribution in [0.4, 0.5) is 0 Å². The van der Waals surface area contributed by atoms with Gasteiger partial charge in [0.05, 0.1) is 16.4 Å². The van der Waals surface area contributed by atoms with Crippen molar-refractivity contribution in [2.45, 2.75) is 38.2 Å². The molecule has 0 amide bonds. The van der Waals surface area contributed by atoms with Crippen LogP contribution in [0.15, 0.2) is 10.7 Å². The maximum absolute atomic E-state index is 10.8. The monoisotopic (exact) mass is 272 g/mol. The molecule has 1 aliphatic rings. The van der Waals surface area contributed by atoms with Gasteiger partial charge in [-0.15, -0.1) is 0 Å². The average Bonchev–Trinajstić information content (AvgIpc) is 2.52. The summed E-state index contributed by atoms with van der Waals surface area (Å²) in [7, 11) is 1.89. The van der Waals surface area contributed by atoms with Gasteiger partial charge >= 0.3 is 0 Å². The lowest BCUT2D eigenvalue weighted by Crippen LogP contribution is -2.38. The Morgan fingerprint density at radius 2 is 2.33 bits per heavy atom. The second kappa shape index (κ2) is 3.91. The minimum Gasteiger partial charge on any atom is -0.383 e. The lowest BCUT2D eigenvalue weighted by Gasteiger charge is -2.38. The molecular weight excluding hydrogens is 256 g/mol. The SMILES string of the molecule is CC1CCCCC1(O)c1c(Br)cnn1C. The molecule has 2 rings (SSSR count). The van der Waals surface area contributed by atoms with Crippen LogP contribution in [0.3, 0.4) is 0 Å². The molecule has 1 aromatic heterocycles. The van der Waals surface area contributed by atoms with Crippen LogP contribution in [0.2, 0.25) is 0 Å². The standard InChI is InChI=1S/C11H17BrN2O/c1-8-5-3-4-6-11(8,15)10-9(12)7-13-14(10)2/h7-8,15H,3-6H2,1-2H3. The average molecular weight is 273 g/mol. The summed E-state index contributed by atoms with van der Waals surface area (Å²) in [5.41, 5.74) is 0.220. The van der Waals surface area contributed by atoms with Crippen molar-refractivity contribution >= 4 is 15.9 Å². The summed E-state index contributed by atoms with van der Waals surface area (Å²) < 4.78 is 2.70. The van der Waals surface area contributed by atoms with E-state index in [2.05, 4.69) is 28.0 Å². The highest BCUT2D eigenvalue weighted by atomic mass is 79.9. The lowest BCUT2D eigenvalue weighted by molar-refractivity contribution is -0.0540. The lowest BCUT2D eigenvalue weighted by atomic mass is 9.74. The van der Waals surface area contributed by atoms with Crippen LogP contribution in [0, 0.1) is 5.92 Å². The molecule has 4 heteroatoms. The van der Waals surface area contributed by atoms with E-state index in [4.69, 9.17) is 0 Å². The van der Waals surface area contributed by atoms with Crippen LogP contribution in [0.1, 0.15) is 38.3 Å². The van der Waals surface area contributed by atoms with E-state index in [-0.39, 0.29) is 0 Å². The number of nitrogens with zero attached hydrogens (tertiary/aromatic N) is 2. The van der Waals surface area contributed by atoms with Gasteiger partial charge in [0.1, 0.15) is 5.60 Å². The number of aromatic nitrogens is 2. The molecule has 0 radical (unpaired) electrons. The number of aryl methyl sites for hydroxylation is 1. The van der Waals surface area contributed by atoms with Crippen molar-refractivity contribution in [2.75, 3.05) is 0 Å². The highest BCUT2D eigenvalue weighted by molar-refractivity contribution is 9.10. The molecule has 0 aliphatic heterocycles. The van der Waals surface area contributed by atoms with E-state index in [0.29, 0.717) is 5.92 Å². The molecule has 15 heavy (non-hydrogen) atoms. The Kier molecular flexibility index (Phi) is 2.90. The number of rotatable bonds is 1. The third-order valence-electron chi connectivity index (χ3n) is 3.56. The highest BCUT2D eigenvalue weighted by Gasteiger charge is 2.41. The van der Waals surface area contributed by atoms with Gasteiger partial charge in [-0.2, -0.15) is 5.10 Å². The first-order valence-corrected chi connectivity index (χ1v) is 6.25. The van der Waals surface area contributed by atoms with Gasteiger partial charge in [-0.3, -0.25) is 4.68 Å². The summed E-state index contributed by atoms with van der Waals surface area (Å²) in [5.74, 6) is 0.304. The number of hydrogen-bond acceptors (Lipinski definition) is 2. The third kappa shape index (κ3) is 1.74. The number of halogens is 1. The van der Waals surface area contributed by atoms with E-state index < -0.39 is 5.60 Å². The molecule has 0 aromatic carbocycles. The molecule has 1 aromatic rings. The Bertz CT molecular complexity index is 344. The van der Waals surface area contributed by atoms with Crippen LogP contribution in [-0.4, -0.2) is 14.9 Å². The fourth-order valence-electron chi connectivity index (χ4n) is 2.58. The third-order valence-corrected chi connectivity index (χ3v) is 4.14. The zero-order valence-electron chi connectivity index (χ0n) is 9.20. The van der Waals surface area contributed by atoms with Crippen molar-refractivity contribution in [1.29, 1.82) is 0 Å². The van der Waals surface area contributed by atoms with Crippen LogP contribution >= 0.6 is 15.9 Å². The van der Waals surface area contributed by atoms with Crippen LogP contribution < -0.4 is 0 Å². The predicted octanol–water partition coefficient (Wildman–Crippen LogP) is 2.58. The number of aliphatic hydroxyl groups is 1. The number of hydrogen-bond donors (Lipinski definition) is 1. The summed E-state index contributed by atoms with van der Waals surface area (Å²) >= 11 is 3.47.